The number of aryl methyl sites for hydroxylation is 2. The maximum Gasteiger partial charge on any atom is 0.349 e. The molecule has 118 valence electrons. The Morgan fingerprint density at radius 2 is 2.23 bits per heavy atom. The van der Waals surface area contributed by atoms with Crippen molar-refractivity contribution >= 4 is 11.7 Å². The van der Waals surface area contributed by atoms with Crippen LogP contribution in [0.5, 0.6) is 0 Å². The fourth-order valence-electron chi connectivity index (χ4n) is 2.38. The van der Waals surface area contributed by atoms with Crippen molar-refractivity contribution in [2.24, 2.45) is 7.05 Å². The number of aromatic nitrogens is 2. The van der Waals surface area contributed by atoms with E-state index in [4.69, 9.17) is 4.42 Å². The topological polar surface area (TPSA) is 77.1 Å². The van der Waals surface area contributed by atoms with Gasteiger partial charge in [-0.2, -0.15) is 5.10 Å². The van der Waals surface area contributed by atoms with Crippen molar-refractivity contribution in [3.8, 4) is 0 Å². The summed E-state index contributed by atoms with van der Waals surface area (Å²) in [7, 11) is 1.75. The minimum Gasteiger partial charge on any atom is -0.427 e. The third kappa shape index (κ3) is 3.44. The highest BCUT2D eigenvalue weighted by atomic mass is 16.4. The number of carbonyl (C=O) groups excluding carboxylic acids is 1. The maximum atomic E-state index is 12.3. The van der Waals surface area contributed by atoms with Crippen LogP contribution in [0.25, 0.3) is 0 Å². The molecule has 0 radical (unpaired) electrons. The summed E-state index contributed by atoms with van der Waals surface area (Å²) < 4.78 is 6.90. The molecule has 0 saturated heterocycles. The second-order valence-electron chi connectivity index (χ2n) is 5.51. The van der Waals surface area contributed by atoms with E-state index in [1.165, 1.54) is 0 Å². The van der Waals surface area contributed by atoms with Gasteiger partial charge < -0.3 is 9.73 Å². The SMILES string of the molecule is CCCC(C)c1cc(C)c(C(=O)Nc2ccn(C)n2)c(=O)o1. The molecule has 1 unspecified atom stereocenters. The molecule has 0 aromatic carbocycles. The monoisotopic (exact) mass is 303 g/mol. The Labute approximate surface area is 129 Å². The van der Waals surface area contributed by atoms with Crippen LogP contribution in [0.4, 0.5) is 5.82 Å². The number of nitrogens with zero attached hydrogens (tertiary/aromatic N) is 2. The molecule has 2 aromatic rings. The van der Waals surface area contributed by atoms with E-state index in [0.29, 0.717) is 17.1 Å². The van der Waals surface area contributed by atoms with E-state index in [0.717, 1.165) is 12.8 Å². The Morgan fingerprint density at radius 1 is 1.50 bits per heavy atom. The predicted molar refractivity (Wildman–Crippen MR) is 84.2 cm³/mol. The smallest absolute Gasteiger partial charge is 0.349 e. The number of anilines is 1. The van der Waals surface area contributed by atoms with Gasteiger partial charge in [-0.05, 0) is 25.0 Å². The Morgan fingerprint density at radius 3 is 2.77 bits per heavy atom. The molecule has 0 aliphatic rings. The van der Waals surface area contributed by atoms with E-state index in [1.807, 2.05) is 6.92 Å². The van der Waals surface area contributed by atoms with Gasteiger partial charge in [0.1, 0.15) is 11.3 Å². The quantitative estimate of drug-likeness (QED) is 0.921. The van der Waals surface area contributed by atoms with E-state index in [-0.39, 0.29) is 11.5 Å². The molecule has 0 spiro atoms. The Balaban J connectivity index is 2.27. The van der Waals surface area contributed by atoms with E-state index >= 15 is 0 Å². The molecule has 2 rings (SSSR count). The van der Waals surface area contributed by atoms with Crippen LogP contribution in [0.15, 0.2) is 27.5 Å². The normalized spacial score (nSPS) is 12.2. The summed E-state index contributed by atoms with van der Waals surface area (Å²) in [5, 5.41) is 6.66. The summed E-state index contributed by atoms with van der Waals surface area (Å²) >= 11 is 0. The van der Waals surface area contributed by atoms with E-state index < -0.39 is 11.5 Å². The van der Waals surface area contributed by atoms with Gasteiger partial charge in [0.2, 0.25) is 0 Å². The number of rotatable bonds is 5. The predicted octanol–water partition coefficient (Wildman–Crippen LogP) is 2.84. The standard InChI is InChI=1S/C16H21N3O3/c1-5-6-10(2)12-9-11(3)14(16(21)22-12)15(20)17-13-7-8-19(4)18-13/h7-10H,5-6H2,1-4H3,(H,17,18,20). The molecule has 0 aliphatic heterocycles. The Kier molecular flexibility index (Phi) is 4.80. The van der Waals surface area contributed by atoms with Crippen molar-refractivity contribution < 1.29 is 9.21 Å². The van der Waals surface area contributed by atoms with Crippen LogP contribution >= 0.6 is 0 Å². The number of carbonyl (C=O) groups is 1. The lowest BCUT2D eigenvalue weighted by Crippen LogP contribution is -2.23. The molecule has 0 aliphatic carbocycles. The molecule has 0 bridgehead atoms. The number of nitrogens with one attached hydrogen (secondary N) is 1. The van der Waals surface area contributed by atoms with Gasteiger partial charge in [0.25, 0.3) is 5.91 Å². The zero-order chi connectivity index (χ0) is 16.3. The van der Waals surface area contributed by atoms with Crippen molar-refractivity contribution in [1.29, 1.82) is 0 Å². The van der Waals surface area contributed by atoms with Crippen LogP contribution in [0.3, 0.4) is 0 Å². The first kappa shape index (κ1) is 16.0. The first-order valence-corrected chi connectivity index (χ1v) is 7.38. The van der Waals surface area contributed by atoms with Crippen LogP contribution in [-0.4, -0.2) is 15.7 Å². The third-order valence-electron chi connectivity index (χ3n) is 3.56. The van der Waals surface area contributed by atoms with E-state index in [9.17, 15) is 9.59 Å². The average Bonchev–Trinajstić information content (AvgIpc) is 2.83. The van der Waals surface area contributed by atoms with E-state index in [2.05, 4.69) is 17.3 Å². The molecule has 6 heteroatoms. The summed E-state index contributed by atoms with van der Waals surface area (Å²) in [5.74, 6) is 0.678. The largest absolute Gasteiger partial charge is 0.427 e. The summed E-state index contributed by atoms with van der Waals surface area (Å²) in [6, 6.07) is 3.43. The summed E-state index contributed by atoms with van der Waals surface area (Å²) in [5.41, 5.74) is 0.0344. The van der Waals surface area contributed by atoms with Gasteiger partial charge in [-0.3, -0.25) is 9.48 Å². The van der Waals surface area contributed by atoms with E-state index in [1.54, 1.807) is 37.0 Å². The average molecular weight is 303 g/mol. The fraction of sp³-hybridized carbons (Fsp3) is 0.438. The number of hydrogen-bond donors (Lipinski definition) is 1. The van der Waals surface area contributed by atoms with Gasteiger partial charge in [0.05, 0.1) is 0 Å². The van der Waals surface area contributed by atoms with Gasteiger partial charge in [0, 0.05) is 25.2 Å². The van der Waals surface area contributed by atoms with Gasteiger partial charge in [0.15, 0.2) is 5.82 Å². The van der Waals surface area contributed by atoms with Crippen LogP contribution in [-0.2, 0) is 7.05 Å². The van der Waals surface area contributed by atoms with Gasteiger partial charge >= 0.3 is 5.63 Å². The minimum absolute atomic E-state index is 0.0260. The van der Waals surface area contributed by atoms with Crippen molar-refractivity contribution in [3.63, 3.8) is 0 Å². The van der Waals surface area contributed by atoms with Gasteiger partial charge in [-0.15, -0.1) is 0 Å². The van der Waals surface area contributed by atoms with Crippen molar-refractivity contribution in [2.45, 2.75) is 39.5 Å². The van der Waals surface area contributed by atoms with Crippen molar-refractivity contribution in [2.75, 3.05) is 5.32 Å². The minimum atomic E-state index is -0.605. The third-order valence-corrected chi connectivity index (χ3v) is 3.56. The molecule has 1 N–H and O–H groups in total. The van der Waals surface area contributed by atoms with Crippen molar-refractivity contribution in [1.82, 2.24) is 9.78 Å². The lowest BCUT2D eigenvalue weighted by Gasteiger charge is -2.11. The summed E-state index contributed by atoms with van der Waals surface area (Å²) in [6.07, 6.45) is 3.65. The first-order valence-electron chi connectivity index (χ1n) is 7.38. The highest BCUT2D eigenvalue weighted by molar-refractivity contribution is 6.04. The molecular weight excluding hydrogens is 282 g/mol. The summed E-state index contributed by atoms with van der Waals surface area (Å²) in [4.78, 5) is 24.4. The Hall–Kier alpha value is -2.37. The fourth-order valence-corrected chi connectivity index (χ4v) is 2.38. The molecule has 2 aromatic heterocycles. The second-order valence-corrected chi connectivity index (χ2v) is 5.51. The number of amides is 1. The van der Waals surface area contributed by atoms with Crippen LogP contribution in [0.1, 0.15) is 54.3 Å². The highest BCUT2D eigenvalue weighted by Crippen LogP contribution is 2.21. The zero-order valence-corrected chi connectivity index (χ0v) is 13.3. The molecule has 22 heavy (non-hydrogen) atoms. The molecule has 0 saturated carbocycles. The van der Waals surface area contributed by atoms with Crippen LogP contribution in [0, 0.1) is 6.92 Å². The molecule has 1 atom stereocenters. The highest BCUT2D eigenvalue weighted by Gasteiger charge is 2.19. The maximum absolute atomic E-state index is 12.3. The number of hydrogen-bond acceptors (Lipinski definition) is 4. The van der Waals surface area contributed by atoms with Crippen LogP contribution in [0.2, 0.25) is 0 Å². The first-order chi connectivity index (χ1) is 10.4. The molecule has 1 amide bonds. The molecular formula is C16H21N3O3. The van der Waals surface area contributed by atoms with Gasteiger partial charge in [-0.1, -0.05) is 20.3 Å². The molecule has 0 fully saturated rings. The van der Waals surface area contributed by atoms with Crippen LogP contribution < -0.4 is 10.9 Å². The molecule has 6 nitrogen and oxygen atoms in total. The Bertz CT molecular complexity index is 730. The van der Waals surface area contributed by atoms with Gasteiger partial charge in [-0.25, -0.2) is 4.79 Å². The second kappa shape index (κ2) is 6.60. The zero-order valence-electron chi connectivity index (χ0n) is 13.3. The lowest BCUT2D eigenvalue weighted by molar-refractivity contribution is 0.102. The van der Waals surface area contributed by atoms with Crippen molar-refractivity contribution in [3.05, 3.63) is 45.6 Å². The molecule has 2 heterocycles. The lowest BCUT2D eigenvalue weighted by atomic mass is 10.0. The summed E-state index contributed by atoms with van der Waals surface area (Å²) in [6.45, 7) is 5.83.